The van der Waals surface area contributed by atoms with Crippen LogP contribution >= 0.6 is 11.3 Å². The van der Waals surface area contributed by atoms with Crippen LogP contribution in [0.4, 0.5) is 0 Å². The fraction of sp³-hybridized carbons (Fsp3) is 0.471. The highest BCUT2D eigenvalue weighted by Crippen LogP contribution is 2.19. The summed E-state index contributed by atoms with van der Waals surface area (Å²) >= 11 is 1.71. The Morgan fingerprint density at radius 2 is 2.10 bits per heavy atom. The fourth-order valence-corrected chi connectivity index (χ4v) is 2.74. The van der Waals surface area contributed by atoms with Crippen molar-refractivity contribution >= 4 is 11.3 Å². The molecule has 0 amide bonds. The first-order valence-corrected chi connectivity index (χ1v) is 8.29. The molecule has 0 saturated heterocycles. The van der Waals surface area contributed by atoms with E-state index in [0.717, 1.165) is 29.4 Å². The summed E-state index contributed by atoms with van der Waals surface area (Å²) in [6, 6.07) is 6.79. The van der Waals surface area contributed by atoms with Crippen LogP contribution in [0.15, 0.2) is 23.6 Å². The minimum Gasteiger partial charge on any atom is -0.493 e. The number of ether oxygens (including phenoxy) is 1. The van der Waals surface area contributed by atoms with Crippen LogP contribution in [0.2, 0.25) is 0 Å². The first-order chi connectivity index (χ1) is 10.0. The molecule has 0 saturated carbocycles. The molecule has 0 unspecified atom stereocenters. The highest BCUT2D eigenvalue weighted by molar-refractivity contribution is 7.09. The van der Waals surface area contributed by atoms with Gasteiger partial charge in [-0.15, -0.1) is 11.3 Å². The number of benzene rings is 1. The van der Waals surface area contributed by atoms with Crippen LogP contribution in [0, 0.1) is 13.8 Å². The van der Waals surface area contributed by atoms with Gasteiger partial charge in [0.15, 0.2) is 0 Å². The standard InChI is InChI=1S/C17H24N2OS/c1-12(2)18-10-15-11-21-17(19-15)7-8-20-16-9-13(3)5-6-14(16)4/h5-6,9,11-12,18H,7-8,10H2,1-4H3. The van der Waals surface area contributed by atoms with E-state index in [0.29, 0.717) is 12.6 Å². The maximum absolute atomic E-state index is 5.88. The lowest BCUT2D eigenvalue weighted by molar-refractivity contribution is 0.319. The number of thiazole rings is 1. The zero-order valence-electron chi connectivity index (χ0n) is 13.3. The van der Waals surface area contributed by atoms with Crippen molar-refractivity contribution in [1.29, 1.82) is 0 Å². The van der Waals surface area contributed by atoms with Gasteiger partial charge in [-0.05, 0) is 31.0 Å². The highest BCUT2D eigenvalue weighted by atomic mass is 32.1. The number of hydrogen-bond acceptors (Lipinski definition) is 4. The fourth-order valence-electron chi connectivity index (χ4n) is 1.96. The van der Waals surface area contributed by atoms with Gasteiger partial charge in [0.1, 0.15) is 5.75 Å². The number of aryl methyl sites for hydroxylation is 2. The summed E-state index contributed by atoms with van der Waals surface area (Å²) < 4.78 is 5.88. The molecule has 21 heavy (non-hydrogen) atoms. The van der Waals surface area contributed by atoms with Gasteiger partial charge in [-0.3, -0.25) is 0 Å². The number of nitrogens with one attached hydrogen (secondary N) is 1. The van der Waals surface area contributed by atoms with Crippen LogP contribution in [-0.4, -0.2) is 17.6 Å². The van der Waals surface area contributed by atoms with Gasteiger partial charge in [0.05, 0.1) is 17.3 Å². The van der Waals surface area contributed by atoms with Crippen LogP contribution in [0.3, 0.4) is 0 Å². The smallest absolute Gasteiger partial charge is 0.122 e. The number of nitrogens with zero attached hydrogens (tertiary/aromatic N) is 1. The Morgan fingerprint density at radius 1 is 1.29 bits per heavy atom. The minimum absolute atomic E-state index is 0.489. The van der Waals surface area contributed by atoms with Gasteiger partial charge in [-0.1, -0.05) is 26.0 Å². The van der Waals surface area contributed by atoms with Gasteiger partial charge in [-0.25, -0.2) is 4.98 Å². The van der Waals surface area contributed by atoms with Crippen molar-refractivity contribution in [2.45, 2.75) is 46.7 Å². The van der Waals surface area contributed by atoms with Gasteiger partial charge in [0, 0.05) is 24.4 Å². The Hall–Kier alpha value is -1.39. The Bertz CT molecular complexity index is 578. The first kappa shape index (κ1) is 16.0. The lowest BCUT2D eigenvalue weighted by Gasteiger charge is -2.09. The van der Waals surface area contributed by atoms with E-state index < -0.39 is 0 Å². The lowest BCUT2D eigenvalue weighted by atomic mass is 10.1. The molecule has 1 heterocycles. The van der Waals surface area contributed by atoms with Gasteiger partial charge in [-0.2, -0.15) is 0 Å². The van der Waals surface area contributed by atoms with Gasteiger partial charge < -0.3 is 10.1 Å². The monoisotopic (exact) mass is 304 g/mol. The topological polar surface area (TPSA) is 34.1 Å². The second-order valence-corrected chi connectivity index (χ2v) is 6.58. The quantitative estimate of drug-likeness (QED) is 0.843. The van der Waals surface area contributed by atoms with Crippen LogP contribution in [0.1, 0.15) is 35.7 Å². The molecular weight excluding hydrogens is 280 g/mol. The van der Waals surface area contributed by atoms with Crippen LogP contribution in [0.5, 0.6) is 5.75 Å². The van der Waals surface area contributed by atoms with E-state index in [4.69, 9.17) is 4.74 Å². The van der Waals surface area contributed by atoms with E-state index in [1.165, 1.54) is 11.1 Å². The van der Waals surface area contributed by atoms with E-state index in [1.807, 2.05) is 0 Å². The summed E-state index contributed by atoms with van der Waals surface area (Å²) in [7, 11) is 0. The molecule has 0 aliphatic rings. The van der Waals surface area contributed by atoms with Crippen molar-refractivity contribution < 1.29 is 4.74 Å². The van der Waals surface area contributed by atoms with E-state index in [-0.39, 0.29) is 0 Å². The molecule has 3 nitrogen and oxygen atoms in total. The molecule has 0 spiro atoms. The van der Waals surface area contributed by atoms with E-state index in [9.17, 15) is 0 Å². The maximum Gasteiger partial charge on any atom is 0.122 e. The molecule has 0 aliphatic carbocycles. The molecule has 2 rings (SSSR count). The van der Waals surface area contributed by atoms with Crippen molar-refractivity contribution in [3.05, 3.63) is 45.4 Å². The van der Waals surface area contributed by atoms with Crippen LogP contribution in [0.25, 0.3) is 0 Å². The van der Waals surface area contributed by atoms with E-state index in [2.05, 4.69) is 61.6 Å². The number of hydrogen-bond donors (Lipinski definition) is 1. The number of aromatic nitrogens is 1. The second kappa shape index (κ2) is 7.57. The molecule has 1 aromatic carbocycles. The van der Waals surface area contributed by atoms with Crippen LogP contribution < -0.4 is 10.1 Å². The molecule has 1 N–H and O–H groups in total. The second-order valence-electron chi connectivity index (χ2n) is 5.64. The highest BCUT2D eigenvalue weighted by Gasteiger charge is 2.04. The van der Waals surface area contributed by atoms with Gasteiger partial charge in [0.25, 0.3) is 0 Å². The molecule has 4 heteroatoms. The Morgan fingerprint density at radius 3 is 2.86 bits per heavy atom. The molecular formula is C17H24N2OS. The summed E-state index contributed by atoms with van der Waals surface area (Å²) in [4.78, 5) is 4.63. The third-order valence-electron chi connectivity index (χ3n) is 3.21. The lowest BCUT2D eigenvalue weighted by Crippen LogP contribution is -2.21. The van der Waals surface area contributed by atoms with Crippen molar-refractivity contribution in [2.24, 2.45) is 0 Å². The molecule has 1 aromatic heterocycles. The van der Waals surface area contributed by atoms with Crippen molar-refractivity contribution in [2.75, 3.05) is 6.61 Å². The number of rotatable bonds is 7. The SMILES string of the molecule is Cc1ccc(C)c(OCCc2nc(CNC(C)C)cs2)c1. The van der Waals surface area contributed by atoms with Crippen molar-refractivity contribution in [3.63, 3.8) is 0 Å². The van der Waals surface area contributed by atoms with E-state index in [1.54, 1.807) is 11.3 Å². The average Bonchev–Trinajstić information content (AvgIpc) is 2.88. The van der Waals surface area contributed by atoms with E-state index >= 15 is 0 Å². The maximum atomic E-state index is 5.88. The Labute approximate surface area is 131 Å². The Balaban J connectivity index is 1.82. The summed E-state index contributed by atoms with van der Waals surface area (Å²) in [6.45, 7) is 9.96. The summed E-state index contributed by atoms with van der Waals surface area (Å²) in [5.41, 5.74) is 3.53. The van der Waals surface area contributed by atoms with Crippen molar-refractivity contribution in [1.82, 2.24) is 10.3 Å². The Kier molecular flexibility index (Phi) is 5.76. The predicted octanol–water partition coefficient (Wildman–Crippen LogP) is 3.88. The zero-order valence-corrected chi connectivity index (χ0v) is 14.1. The minimum atomic E-state index is 0.489. The summed E-state index contributed by atoms with van der Waals surface area (Å²) in [5, 5.41) is 6.65. The normalized spacial score (nSPS) is 11.1. The molecule has 0 bridgehead atoms. The molecule has 2 aromatic rings. The average molecular weight is 304 g/mol. The largest absolute Gasteiger partial charge is 0.493 e. The molecule has 0 aliphatic heterocycles. The van der Waals surface area contributed by atoms with Gasteiger partial charge in [0.2, 0.25) is 0 Å². The molecule has 0 radical (unpaired) electrons. The summed E-state index contributed by atoms with van der Waals surface area (Å²) in [6.07, 6.45) is 0.861. The third-order valence-corrected chi connectivity index (χ3v) is 4.17. The van der Waals surface area contributed by atoms with Gasteiger partial charge >= 0.3 is 0 Å². The molecule has 0 fully saturated rings. The molecule has 0 atom stereocenters. The summed E-state index contributed by atoms with van der Waals surface area (Å²) in [5.74, 6) is 0.980. The predicted molar refractivity (Wildman–Crippen MR) is 89.2 cm³/mol. The third kappa shape index (κ3) is 5.14. The van der Waals surface area contributed by atoms with Crippen LogP contribution in [-0.2, 0) is 13.0 Å². The zero-order chi connectivity index (χ0) is 15.2. The van der Waals surface area contributed by atoms with Crippen molar-refractivity contribution in [3.8, 4) is 5.75 Å². The first-order valence-electron chi connectivity index (χ1n) is 7.41. The molecule has 114 valence electrons.